The van der Waals surface area contributed by atoms with E-state index in [-0.39, 0.29) is 35.9 Å². The molecular weight excluding hydrogens is 562 g/mol. The fourth-order valence-corrected chi connectivity index (χ4v) is 7.67. The lowest BCUT2D eigenvalue weighted by molar-refractivity contribution is -0.126. The normalized spacial score (nSPS) is 21.4. The lowest BCUT2D eigenvalue weighted by atomic mass is 9.99. The van der Waals surface area contributed by atoms with Crippen molar-refractivity contribution in [3.8, 4) is 11.5 Å². The van der Waals surface area contributed by atoms with Gasteiger partial charge in [0.15, 0.2) is 11.5 Å². The number of carbonyl (C=O) groups excluding carboxylic acids is 2. The highest BCUT2D eigenvalue weighted by Gasteiger charge is 2.36. The number of nitrogens with one attached hydrogen (secondary N) is 1. The smallest absolute Gasteiger partial charge is 0.244 e. The molecule has 1 fully saturated rings. The van der Waals surface area contributed by atoms with E-state index in [2.05, 4.69) is 21.2 Å². The molecule has 2 aromatic rings. The topological polar surface area (TPSA) is 105 Å². The molecule has 5 rings (SSSR count). The van der Waals surface area contributed by atoms with Crippen molar-refractivity contribution in [1.82, 2.24) is 9.62 Å². The van der Waals surface area contributed by atoms with E-state index in [1.54, 1.807) is 24.0 Å². The summed E-state index contributed by atoms with van der Waals surface area (Å²) in [4.78, 5) is 27.1. The largest absolute Gasteiger partial charge is 0.486 e. The zero-order valence-corrected chi connectivity index (χ0v) is 23.0. The molecule has 9 nitrogen and oxygen atoms in total. The van der Waals surface area contributed by atoms with Gasteiger partial charge in [0, 0.05) is 36.2 Å². The number of hydrogen-bond donors (Lipinski definition) is 1. The van der Waals surface area contributed by atoms with Crippen LogP contribution in [0.15, 0.2) is 45.8 Å². The average Bonchev–Trinajstić information content (AvgIpc) is 3.33. The first-order valence-electron chi connectivity index (χ1n) is 12.6. The number of benzene rings is 2. The molecule has 1 N–H and O–H groups in total. The molecule has 0 spiro atoms. The van der Waals surface area contributed by atoms with Crippen molar-refractivity contribution in [3.63, 3.8) is 0 Å². The van der Waals surface area contributed by atoms with Crippen LogP contribution in [0, 0.1) is 5.92 Å². The van der Waals surface area contributed by atoms with Crippen molar-refractivity contribution in [3.05, 3.63) is 46.4 Å². The molecule has 3 aliphatic heterocycles. The number of amides is 2. The molecule has 0 bridgehead atoms. The second kappa shape index (κ2) is 10.6. The summed E-state index contributed by atoms with van der Waals surface area (Å²) in [5, 5.41) is 2.92. The summed E-state index contributed by atoms with van der Waals surface area (Å²) >= 11 is 3.44. The number of ether oxygens (including phenoxy) is 2. The Morgan fingerprint density at radius 1 is 1.16 bits per heavy atom. The molecule has 2 atom stereocenters. The minimum Gasteiger partial charge on any atom is -0.486 e. The van der Waals surface area contributed by atoms with E-state index in [0.717, 1.165) is 5.56 Å². The Kier molecular flexibility index (Phi) is 7.46. The lowest BCUT2D eigenvalue weighted by Gasteiger charge is -2.32. The number of sulfonamides is 1. The number of halogens is 1. The monoisotopic (exact) mass is 591 g/mol. The maximum atomic E-state index is 13.7. The van der Waals surface area contributed by atoms with Crippen LogP contribution in [0.5, 0.6) is 11.5 Å². The molecule has 0 aromatic heterocycles. The first-order chi connectivity index (χ1) is 17.8. The number of hydrogen-bond acceptors (Lipinski definition) is 6. The summed E-state index contributed by atoms with van der Waals surface area (Å²) in [5.41, 5.74) is 1.59. The predicted octanol–water partition coefficient (Wildman–Crippen LogP) is 3.11. The highest BCUT2D eigenvalue weighted by molar-refractivity contribution is 9.10. The third-order valence-corrected chi connectivity index (χ3v) is 9.90. The first-order valence-corrected chi connectivity index (χ1v) is 14.8. The summed E-state index contributed by atoms with van der Waals surface area (Å²) in [6.45, 7) is 3.37. The third kappa shape index (κ3) is 5.21. The minimum atomic E-state index is -3.88. The zero-order chi connectivity index (χ0) is 26.2. The van der Waals surface area contributed by atoms with Gasteiger partial charge in [0.25, 0.3) is 0 Å². The minimum absolute atomic E-state index is 0.0324. The maximum absolute atomic E-state index is 13.7. The lowest BCUT2D eigenvalue weighted by Crippen LogP contribution is -2.48. The van der Waals surface area contributed by atoms with Crippen molar-refractivity contribution in [1.29, 1.82) is 0 Å². The van der Waals surface area contributed by atoms with Gasteiger partial charge in [0.1, 0.15) is 12.7 Å². The number of fused-ring (bicyclic) bond motifs is 2. The Hall–Kier alpha value is -2.63. The summed E-state index contributed by atoms with van der Waals surface area (Å²) in [7, 11) is -3.88. The van der Waals surface area contributed by atoms with Crippen LogP contribution >= 0.6 is 15.9 Å². The number of anilines is 1. The second-order valence-electron chi connectivity index (χ2n) is 9.51. The molecule has 2 amide bonds. The van der Waals surface area contributed by atoms with Gasteiger partial charge in [-0.2, -0.15) is 4.31 Å². The Balaban J connectivity index is 1.25. The number of nitrogens with zero attached hydrogens (tertiary/aromatic N) is 2. The first kappa shape index (κ1) is 26.0. The number of carbonyl (C=O) groups is 2. The van der Waals surface area contributed by atoms with Crippen molar-refractivity contribution < 1.29 is 27.5 Å². The van der Waals surface area contributed by atoms with E-state index in [0.29, 0.717) is 67.0 Å². The molecule has 198 valence electrons. The standard InChI is InChI=1S/C26H30BrN3O6S/c1-2-25(31)30-11-9-17-12-20(27)24(13-21(17)30)37(33,34)29-10-5-6-18(15-29)26(32)28-14-19-16-35-22-7-3-4-8-23(22)36-19/h3-4,7-8,12-13,18-19H,2,5-6,9-11,14-16H2,1H3,(H,28,32). The van der Waals surface area contributed by atoms with Crippen LogP contribution in [-0.4, -0.2) is 63.4 Å². The predicted molar refractivity (Wildman–Crippen MR) is 141 cm³/mol. The van der Waals surface area contributed by atoms with E-state index >= 15 is 0 Å². The fraction of sp³-hybridized carbons (Fsp3) is 0.462. The highest BCUT2D eigenvalue weighted by Crippen LogP contribution is 2.37. The molecule has 1 saturated heterocycles. The molecule has 0 aliphatic carbocycles. The van der Waals surface area contributed by atoms with Gasteiger partial charge < -0.3 is 19.7 Å². The van der Waals surface area contributed by atoms with Gasteiger partial charge in [0.05, 0.1) is 17.4 Å². The Morgan fingerprint density at radius 2 is 1.95 bits per heavy atom. The Morgan fingerprint density at radius 3 is 2.73 bits per heavy atom. The number of piperidine rings is 1. The fourth-order valence-electron chi connectivity index (χ4n) is 5.07. The molecule has 0 radical (unpaired) electrons. The van der Waals surface area contributed by atoms with E-state index in [4.69, 9.17) is 9.47 Å². The van der Waals surface area contributed by atoms with E-state index in [1.165, 1.54) is 4.31 Å². The third-order valence-electron chi connectivity index (χ3n) is 7.08. The van der Waals surface area contributed by atoms with Crippen molar-refractivity contribution in [2.24, 2.45) is 5.92 Å². The van der Waals surface area contributed by atoms with Gasteiger partial charge in [-0.3, -0.25) is 9.59 Å². The van der Waals surface area contributed by atoms with E-state index < -0.39 is 15.9 Å². The van der Waals surface area contributed by atoms with Crippen molar-refractivity contribution >= 4 is 43.5 Å². The number of rotatable bonds is 6. The molecule has 37 heavy (non-hydrogen) atoms. The summed E-state index contributed by atoms with van der Waals surface area (Å²) < 4.78 is 40.8. The number of para-hydroxylation sites is 2. The van der Waals surface area contributed by atoms with Gasteiger partial charge in [-0.05, 0) is 65.0 Å². The highest BCUT2D eigenvalue weighted by atomic mass is 79.9. The average molecular weight is 593 g/mol. The second-order valence-corrected chi connectivity index (χ2v) is 12.3. The van der Waals surface area contributed by atoms with Gasteiger partial charge in [-0.25, -0.2) is 8.42 Å². The quantitative estimate of drug-likeness (QED) is 0.553. The molecule has 0 saturated carbocycles. The van der Waals surface area contributed by atoms with Crippen LogP contribution < -0.4 is 19.7 Å². The van der Waals surface area contributed by atoms with Crippen LogP contribution in [-0.2, 0) is 26.0 Å². The van der Waals surface area contributed by atoms with Crippen LogP contribution in [0.2, 0.25) is 0 Å². The maximum Gasteiger partial charge on any atom is 0.244 e. The van der Waals surface area contributed by atoms with Crippen LogP contribution in [0.3, 0.4) is 0 Å². The Bertz CT molecular complexity index is 1320. The molecule has 3 aliphatic rings. The Labute approximate surface area is 225 Å². The molecule has 2 aromatic carbocycles. The van der Waals surface area contributed by atoms with Gasteiger partial charge in [-0.15, -0.1) is 0 Å². The van der Waals surface area contributed by atoms with Gasteiger partial charge >= 0.3 is 0 Å². The zero-order valence-electron chi connectivity index (χ0n) is 20.6. The van der Waals surface area contributed by atoms with Gasteiger partial charge in [0.2, 0.25) is 21.8 Å². The van der Waals surface area contributed by atoms with Gasteiger partial charge in [-0.1, -0.05) is 19.1 Å². The van der Waals surface area contributed by atoms with Crippen LogP contribution in [0.1, 0.15) is 31.7 Å². The SMILES string of the molecule is CCC(=O)N1CCc2cc(Br)c(S(=O)(=O)N3CCCC(C(=O)NCC4COc5ccccc5O4)C3)cc21. The van der Waals surface area contributed by atoms with Crippen molar-refractivity contribution in [2.45, 2.75) is 43.6 Å². The van der Waals surface area contributed by atoms with E-state index in [1.807, 2.05) is 24.3 Å². The summed E-state index contributed by atoms with van der Waals surface area (Å²) in [6, 6.07) is 10.8. The van der Waals surface area contributed by atoms with Crippen LogP contribution in [0.25, 0.3) is 0 Å². The molecule has 11 heteroatoms. The van der Waals surface area contributed by atoms with E-state index in [9.17, 15) is 18.0 Å². The van der Waals surface area contributed by atoms with Crippen LogP contribution in [0.4, 0.5) is 5.69 Å². The van der Waals surface area contributed by atoms with Crippen molar-refractivity contribution in [2.75, 3.05) is 37.7 Å². The summed E-state index contributed by atoms with van der Waals surface area (Å²) in [6.07, 6.45) is 1.90. The molecular formula is C26H30BrN3O6S. The molecule has 3 heterocycles. The summed E-state index contributed by atoms with van der Waals surface area (Å²) in [5.74, 6) is 0.622. The molecule has 2 unspecified atom stereocenters.